The number of ketones is 1. The summed E-state index contributed by atoms with van der Waals surface area (Å²) in [5, 5.41) is 0.932. The highest BCUT2D eigenvalue weighted by Gasteiger charge is 2.09. The third-order valence-corrected chi connectivity index (χ3v) is 3.91. The van der Waals surface area contributed by atoms with Gasteiger partial charge in [-0.2, -0.15) is 0 Å². The molecule has 0 saturated carbocycles. The standard InChI is InChI=1S/C14H16N2OS/c1-10-11(2)18-14(16-10)8-13(17)6-5-12-4-3-7-15-9-12/h3-4,7,9H,5-6,8H2,1-2H3. The molecule has 2 aromatic heterocycles. The molecule has 2 rings (SSSR count). The molecule has 0 aromatic carbocycles. The summed E-state index contributed by atoms with van der Waals surface area (Å²) >= 11 is 1.62. The molecule has 0 saturated heterocycles. The summed E-state index contributed by atoms with van der Waals surface area (Å²) in [5.41, 5.74) is 2.15. The van der Waals surface area contributed by atoms with Gasteiger partial charge in [0.15, 0.2) is 0 Å². The van der Waals surface area contributed by atoms with Gasteiger partial charge >= 0.3 is 0 Å². The van der Waals surface area contributed by atoms with Crippen LogP contribution in [0.15, 0.2) is 24.5 Å². The summed E-state index contributed by atoms with van der Waals surface area (Å²) in [6.07, 6.45) is 5.33. The minimum absolute atomic E-state index is 0.243. The Morgan fingerprint density at radius 1 is 1.39 bits per heavy atom. The van der Waals surface area contributed by atoms with E-state index in [0.717, 1.165) is 22.7 Å². The lowest BCUT2D eigenvalue weighted by atomic mass is 10.1. The van der Waals surface area contributed by atoms with Gasteiger partial charge in [0.25, 0.3) is 0 Å². The van der Waals surface area contributed by atoms with Crippen molar-refractivity contribution in [3.8, 4) is 0 Å². The lowest BCUT2D eigenvalue weighted by Crippen LogP contribution is -2.04. The molecule has 0 unspecified atom stereocenters. The highest BCUT2D eigenvalue weighted by molar-refractivity contribution is 7.11. The summed E-state index contributed by atoms with van der Waals surface area (Å²) in [5.74, 6) is 0.243. The van der Waals surface area contributed by atoms with Crippen LogP contribution in [0.25, 0.3) is 0 Å². The van der Waals surface area contributed by atoms with Crippen molar-refractivity contribution in [2.45, 2.75) is 33.1 Å². The monoisotopic (exact) mass is 260 g/mol. The Hall–Kier alpha value is -1.55. The molecule has 0 atom stereocenters. The molecule has 0 spiro atoms. The summed E-state index contributed by atoms with van der Waals surface area (Å²) in [6.45, 7) is 4.02. The van der Waals surface area contributed by atoms with Crippen molar-refractivity contribution in [3.05, 3.63) is 45.7 Å². The van der Waals surface area contributed by atoms with Crippen molar-refractivity contribution in [3.63, 3.8) is 0 Å². The zero-order valence-corrected chi connectivity index (χ0v) is 11.5. The smallest absolute Gasteiger partial charge is 0.140 e. The molecule has 4 heteroatoms. The maximum atomic E-state index is 11.9. The van der Waals surface area contributed by atoms with Gasteiger partial charge in [-0.15, -0.1) is 11.3 Å². The number of carbonyl (C=O) groups excluding carboxylic acids is 1. The Labute approximate surface area is 111 Å². The first-order valence-electron chi connectivity index (χ1n) is 5.98. The van der Waals surface area contributed by atoms with Gasteiger partial charge in [0, 0.05) is 23.7 Å². The summed E-state index contributed by atoms with van der Waals surface area (Å²) < 4.78 is 0. The molecule has 2 heterocycles. The summed E-state index contributed by atoms with van der Waals surface area (Å²) in [6, 6.07) is 3.89. The van der Waals surface area contributed by atoms with Crippen LogP contribution in [0, 0.1) is 13.8 Å². The molecule has 0 N–H and O–H groups in total. The molecule has 0 amide bonds. The minimum atomic E-state index is 0.243. The van der Waals surface area contributed by atoms with Crippen molar-refractivity contribution < 1.29 is 4.79 Å². The van der Waals surface area contributed by atoms with Gasteiger partial charge < -0.3 is 0 Å². The second-order valence-corrected chi connectivity index (χ2v) is 5.61. The topological polar surface area (TPSA) is 42.9 Å². The van der Waals surface area contributed by atoms with Crippen LogP contribution in [0.1, 0.15) is 27.6 Å². The number of pyridine rings is 1. The van der Waals surface area contributed by atoms with Gasteiger partial charge in [0.1, 0.15) is 10.8 Å². The van der Waals surface area contributed by atoms with E-state index < -0.39 is 0 Å². The van der Waals surface area contributed by atoms with Crippen LogP contribution in [-0.2, 0) is 17.6 Å². The number of carbonyl (C=O) groups is 1. The Morgan fingerprint density at radius 3 is 2.83 bits per heavy atom. The fourth-order valence-electron chi connectivity index (χ4n) is 1.70. The van der Waals surface area contributed by atoms with Crippen LogP contribution in [0.4, 0.5) is 0 Å². The molecule has 0 aliphatic rings. The van der Waals surface area contributed by atoms with E-state index >= 15 is 0 Å². The largest absolute Gasteiger partial charge is 0.299 e. The van der Waals surface area contributed by atoms with Gasteiger partial charge in [-0.05, 0) is 31.9 Å². The Kier molecular flexibility index (Phi) is 4.20. The van der Waals surface area contributed by atoms with Crippen molar-refractivity contribution in [1.29, 1.82) is 0 Å². The fraction of sp³-hybridized carbons (Fsp3) is 0.357. The number of thiazole rings is 1. The zero-order chi connectivity index (χ0) is 13.0. The number of aryl methyl sites for hydroxylation is 3. The molecular weight excluding hydrogens is 244 g/mol. The number of Topliss-reactive ketones (excluding diaryl/α,β-unsaturated/α-hetero) is 1. The van der Waals surface area contributed by atoms with E-state index in [1.54, 1.807) is 17.5 Å². The Balaban J connectivity index is 1.86. The van der Waals surface area contributed by atoms with Crippen LogP contribution < -0.4 is 0 Å². The number of aromatic nitrogens is 2. The highest BCUT2D eigenvalue weighted by Crippen LogP contribution is 2.17. The third-order valence-electron chi connectivity index (χ3n) is 2.84. The van der Waals surface area contributed by atoms with E-state index in [9.17, 15) is 4.79 Å². The minimum Gasteiger partial charge on any atom is -0.299 e. The van der Waals surface area contributed by atoms with E-state index in [0.29, 0.717) is 12.8 Å². The molecule has 0 aliphatic carbocycles. The van der Waals surface area contributed by atoms with E-state index in [4.69, 9.17) is 0 Å². The lowest BCUT2D eigenvalue weighted by Gasteiger charge is -1.99. The first-order valence-corrected chi connectivity index (χ1v) is 6.80. The van der Waals surface area contributed by atoms with Crippen LogP contribution in [0.2, 0.25) is 0 Å². The Morgan fingerprint density at radius 2 is 2.22 bits per heavy atom. The third kappa shape index (κ3) is 3.47. The predicted octanol–water partition coefficient (Wildman–Crippen LogP) is 2.90. The van der Waals surface area contributed by atoms with Crippen LogP contribution in [0.3, 0.4) is 0 Å². The molecule has 0 fully saturated rings. The van der Waals surface area contributed by atoms with E-state index in [1.165, 1.54) is 4.88 Å². The van der Waals surface area contributed by atoms with E-state index in [1.807, 2.05) is 32.2 Å². The molecule has 2 aromatic rings. The van der Waals surface area contributed by atoms with E-state index in [-0.39, 0.29) is 5.78 Å². The van der Waals surface area contributed by atoms with Crippen LogP contribution in [0.5, 0.6) is 0 Å². The van der Waals surface area contributed by atoms with Gasteiger partial charge in [0.2, 0.25) is 0 Å². The average molecular weight is 260 g/mol. The van der Waals surface area contributed by atoms with Gasteiger partial charge in [0.05, 0.1) is 12.1 Å². The quantitative estimate of drug-likeness (QED) is 0.830. The van der Waals surface area contributed by atoms with Gasteiger partial charge in [-0.3, -0.25) is 9.78 Å². The summed E-state index contributed by atoms with van der Waals surface area (Å²) in [4.78, 5) is 21.5. The lowest BCUT2D eigenvalue weighted by molar-refractivity contribution is -0.118. The number of hydrogen-bond acceptors (Lipinski definition) is 4. The zero-order valence-electron chi connectivity index (χ0n) is 10.6. The predicted molar refractivity (Wildman–Crippen MR) is 72.9 cm³/mol. The SMILES string of the molecule is Cc1nc(CC(=O)CCc2cccnc2)sc1C. The van der Waals surface area contributed by atoms with Crippen molar-refractivity contribution >= 4 is 17.1 Å². The molecule has 0 radical (unpaired) electrons. The van der Waals surface area contributed by atoms with Crippen LogP contribution in [-0.4, -0.2) is 15.8 Å². The summed E-state index contributed by atoms with van der Waals surface area (Å²) in [7, 11) is 0. The molecule has 3 nitrogen and oxygen atoms in total. The fourth-order valence-corrected chi connectivity index (χ4v) is 2.66. The highest BCUT2D eigenvalue weighted by atomic mass is 32.1. The molecule has 18 heavy (non-hydrogen) atoms. The van der Waals surface area contributed by atoms with Crippen molar-refractivity contribution in [2.24, 2.45) is 0 Å². The second kappa shape index (κ2) is 5.87. The van der Waals surface area contributed by atoms with Crippen molar-refractivity contribution in [2.75, 3.05) is 0 Å². The first-order chi connectivity index (χ1) is 8.65. The maximum Gasteiger partial charge on any atom is 0.140 e. The van der Waals surface area contributed by atoms with Crippen molar-refractivity contribution in [1.82, 2.24) is 9.97 Å². The molecule has 0 aliphatic heterocycles. The number of hydrogen-bond donors (Lipinski definition) is 0. The molecular formula is C14H16N2OS. The Bertz CT molecular complexity index is 514. The second-order valence-electron chi connectivity index (χ2n) is 4.33. The molecule has 0 bridgehead atoms. The number of rotatable bonds is 5. The number of nitrogens with zero attached hydrogens (tertiary/aromatic N) is 2. The normalized spacial score (nSPS) is 10.6. The first kappa shape index (κ1) is 12.9. The maximum absolute atomic E-state index is 11.9. The van der Waals surface area contributed by atoms with Gasteiger partial charge in [-0.1, -0.05) is 6.07 Å². The van der Waals surface area contributed by atoms with Gasteiger partial charge in [-0.25, -0.2) is 4.98 Å². The van der Waals surface area contributed by atoms with E-state index in [2.05, 4.69) is 9.97 Å². The average Bonchev–Trinajstić information content (AvgIpc) is 2.67. The van der Waals surface area contributed by atoms with Crippen LogP contribution >= 0.6 is 11.3 Å². The molecule has 94 valence electrons.